The van der Waals surface area contributed by atoms with Crippen LogP contribution >= 0.6 is 0 Å². The van der Waals surface area contributed by atoms with Gasteiger partial charge in [0.2, 0.25) is 0 Å². The molecule has 5 heteroatoms. The fourth-order valence-electron chi connectivity index (χ4n) is 11.9. The molecule has 0 fully saturated rings. The Bertz CT molecular complexity index is 4130. The van der Waals surface area contributed by atoms with Crippen molar-refractivity contribution in [2.24, 2.45) is 0 Å². The van der Waals surface area contributed by atoms with Crippen molar-refractivity contribution in [3.8, 4) is 78.9 Å². The summed E-state index contributed by atoms with van der Waals surface area (Å²) < 4.78 is 4.80. The Kier molecular flexibility index (Phi) is 10.8. The second kappa shape index (κ2) is 17.8. The largest absolute Gasteiger partial charge is 0.309 e. The molecule has 13 rings (SSSR count). The maximum Gasteiger partial charge on any atom is 0.166 e. The van der Waals surface area contributed by atoms with Gasteiger partial charge in [-0.3, -0.25) is 0 Å². The number of nitrogens with zero attached hydrogens (tertiary/aromatic N) is 5. The summed E-state index contributed by atoms with van der Waals surface area (Å²) >= 11 is 0. The lowest BCUT2D eigenvalue weighted by Gasteiger charge is -2.17. The molecule has 74 heavy (non-hydrogen) atoms. The molecule has 0 aliphatic carbocycles. The average molecular weight is 952 g/mol. The molecule has 0 saturated heterocycles. The molecule has 0 aliphatic heterocycles. The van der Waals surface area contributed by atoms with Crippen LogP contribution in [-0.4, -0.2) is 24.1 Å². The smallest absolute Gasteiger partial charge is 0.166 e. The van der Waals surface area contributed by atoms with Crippen LogP contribution < -0.4 is 0 Å². The summed E-state index contributed by atoms with van der Waals surface area (Å²) in [4.78, 5) is 16.0. The third-order valence-electron chi connectivity index (χ3n) is 14.9. The van der Waals surface area contributed by atoms with Crippen LogP contribution in [0.15, 0.2) is 212 Å². The summed E-state index contributed by atoms with van der Waals surface area (Å²) in [5.41, 5.74) is 24.2. The van der Waals surface area contributed by atoms with Crippen LogP contribution in [0.1, 0.15) is 33.4 Å². The normalized spacial score (nSPS) is 11.6. The van der Waals surface area contributed by atoms with Gasteiger partial charge in [-0.1, -0.05) is 157 Å². The van der Waals surface area contributed by atoms with E-state index in [4.69, 9.17) is 15.0 Å². The lowest BCUT2D eigenvalue weighted by atomic mass is 9.91. The molecule has 0 atom stereocenters. The second-order valence-electron chi connectivity index (χ2n) is 20.0. The van der Waals surface area contributed by atoms with Crippen molar-refractivity contribution in [2.45, 2.75) is 41.5 Å². The third kappa shape index (κ3) is 7.59. The van der Waals surface area contributed by atoms with E-state index >= 15 is 0 Å². The van der Waals surface area contributed by atoms with Gasteiger partial charge in [0.25, 0.3) is 0 Å². The van der Waals surface area contributed by atoms with Crippen LogP contribution in [0.25, 0.3) is 123 Å². The van der Waals surface area contributed by atoms with E-state index in [1.807, 2.05) is 36.4 Å². The summed E-state index contributed by atoms with van der Waals surface area (Å²) in [7, 11) is 0. The van der Waals surface area contributed by atoms with E-state index < -0.39 is 0 Å². The molecule has 0 saturated carbocycles. The van der Waals surface area contributed by atoms with Crippen molar-refractivity contribution in [1.82, 2.24) is 24.1 Å². The highest BCUT2D eigenvalue weighted by molar-refractivity contribution is 6.13. The third-order valence-corrected chi connectivity index (χ3v) is 14.9. The number of rotatable bonds is 8. The minimum absolute atomic E-state index is 0.594. The van der Waals surface area contributed by atoms with Crippen molar-refractivity contribution in [3.63, 3.8) is 0 Å². The van der Waals surface area contributed by atoms with Gasteiger partial charge in [-0.15, -0.1) is 0 Å². The Morgan fingerprint density at radius 2 is 0.676 bits per heavy atom. The molecule has 354 valence electrons. The van der Waals surface area contributed by atoms with E-state index in [1.54, 1.807) is 0 Å². The van der Waals surface area contributed by atoms with Gasteiger partial charge in [-0.25, -0.2) is 15.0 Å². The monoisotopic (exact) mass is 951 g/mol. The fourth-order valence-corrected chi connectivity index (χ4v) is 11.9. The van der Waals surface area contributed by atoms with Crippen molar-refractivity contribution in [1.29, 1.82) is 0 Å². The van der Waals surface area contributed by atoms with Crippen LogP contribution in [0.2, 0.25) is 0 Å². The Labute approximate surface area is 431 Å². The number of hydrogen-bond donors (Lipinski definition) is 0. The molecule has 10 aromatic carbocycles. The van der Waals surface area contributed by atoms with Gasteiger partial charge in [0, 0.05) is 43.9 Å². The van der Waals surface area contributed by atoms with Gasteiger partial charge < -0.3 is 9.13 Å². The van der Waals surface area contributed by atoms with E-state index in [-0.39, 0.29) is 0 Å². The number of benzene rings is 10. The topological polar surface area (TPSA) is 48.5 Å². The molecular weight excluding hydrogens is 899 g/mol. The van der Waals surface area contributed by atoms with E-state index in [2.05, 4.69) is 227 Å². The summed E-state index contributed by atoms with van der Waals surface area (Å²) in [5, 5.41) is 4.76. The van der Waals surface area contributed by atoms with E-state index in [1.165, 1.54) is 82.7 Å². The van der Waals surface area contributed by atoms with Crippen LogP contribution in [0, 0.1) is 41.5 Å². The van der Waals surface area contributed by atoms with Crippen LogP contribution in [0.3, 0.4) is 0 Å². The highest BCUT2D eigenvalue weighted by Crippen LogP contribution is 2.43. The van der Waals surface area contributed by atoms with E-state index in [9.17, 15) is 0 Å². The standard InChI is InChI=1S/C69H53N5/c1-42-34-44(3)65(45(4)35-42)52-28-32-62-57(40-52)58-41-53(66-46(5)36-43(2)37-47(66)6)29-33-63(58)74(62)64-31-27-51(50-26-30-61-56(38-50)55-24-16-17-25-60(55)73(61)54-22-14-9-15-23-54)39-59(64)69-71-67(48-18-10-7-11-19-48)70-68(72-69)49-20-12-8-13-21-49/h7-41H,1-6H3. The van der Waals surface area contributed by atoms with Crippen molar-refractivity contribution < 1.29 is 0 Å². The molecular formula is C69H53N5. The lowest BCUT2D eigenvalue weighted by molar-refractivity contribution is 1.06. The second-order valence-corrected chi connectivity index (χ2v) is 20.0. The first kappa shape index (κ1) is 44.7. The van der Waals surface area contributed by atoms with Crippen LogP contribution in [0.5, 0.6) is 0 Å². The summed E-state index contributed by atoms with van der Waals surface area (Å²) in [6.45, 7) is 13.3. The summed E-state index contributed by atoms with van der Waals surface area (Å²) in [6, 6.07) is 76.8. The van der Waals surface area contributed by atoms with Crippen molar-refractivity contribution in [3.05, 3.63) is 246 Å². The number of fused-ring (bicyclic) bond motifs is 6. The van der Waals surface area contributed by atoms with Crippen LogP contribution in [-0.2, 0) is 0 Å². The van der Waals surface area contributed by atoms with Gasteiger partial charge in [-0.05, 0) is 164 Å². The van der Waals surface area contributed by atoms with Crippen LogP contribution in [0.4, 0.5) is 0 Å². The predicted octanol–water partition coefficient (Wildman–Crippen LogP) is 17.9. The SMILES string of the molecule is Cc1cc(C)c(-c2ccc3c(c2)c2cc(-c4c(C)cc(C)cc4C)ccc2n3-c2ccc(-c3ccc4c(c3)c3ccccc3n4-c3ccccc3)cc2-c2nc(-c3ccccc3)nc(-c3ccccc3)n2)c(C)c1. The molecule has 3 aromatic heterocycles. The Balaban J connectivity index is 1.10. The van der Waals surface area contributed by atoms with Crippen molar-refractivity contribution >= 4 is 43.6 Å². The highest BCUT2D eigenvalue weighted by atomic mass is 15.1. The lowest BCUT2D eigenvalue weighted by Crippen LogP contribution is -2.04. The molecule has 0 bridgehead atoms. The van der Waals surface area contributed by atoms with Gasteiger partial charge in [0.15, 0.2) is 17.5 Å². The average Bonchev–Trinajstić information content (AvgIpc) is 3.92. The number of aryl methyl sites for hydroxylation is 6. The zero-order chi connectivity index (χ0) is 50.2. The number of aromatic nitrogens is 5. The molecule has 3 heterocycles. The molecule has 0 N–H and O–H groups in total. The van der Waals surface area contributed by atoms with E-state index in [0.717, 1.165) is 55.7 Å². The molecule has 0 radical (unpaired) electrons. The van der Waals surface area contributed by atoms with Gasteiger partial charge >= 0.3 is 0 Å². The molecule has 0 spiro atoms. The van der Waals surface area contributed by atoms with Gasteiger partial charge in [-0.2, -0.15) is 0 Å². The first-order valence-electron chi connectivity index (χ1n) is 25.5. The first-order chi connectivity index (χ1) is 36.1. The molecule has 5 nitrogen and oxygen atoms in total. The van der Waals surface area contributed by atoms with E-state index in [0.29, 0.717) is 17.5 Å². The highest BCUT2D eigenvalue weighted by Gasteiger charge is 2.23. The fraction of sp³-hybridized carbons (Fsp3) is 0.0870. The van der Waals surface area contributed by atoms with Crippen molar-refractivity contribution in [2.75, 3.05) is 0 Å². The molecule has 13 aromatic rings. The predicted molar refractivity (Wildman–Crippen MR) is 310 cm³/mol. The zero-order valence-corrected chi connectivity index (χ0v) is 42.4. The molecule has 0 aliphatic rings. The molecule has 0 amide bonds. The quantitative estimate of drug-likeness (QED) is 0.152. The minimum Gasteiger partial charge on any atom is -0.309 e. The maximum absolute atomic E-state index is 5.41. The Hall–Kier alpha value is -9.19. The first-order valence-corrected chi connectivity index (χ1v) is 25.5. The Morgan fingerprint density at radius 3 is 1.22 bits per heavy atom. The number of hydrogen-bond acceptors (Lipinski definition) is 3. The zero-order valence-electron chi connectivity index (χ0n) is 42.4. The summed E-state index contributed by atoms with van der Waals surface area (Å²) in [5.74, 6) is 1.83. The molecule has 0 unspecified atom stereocenters. The number of para-hydroxylation sites is 2. The minimum atomic E-state index is 0.594. The maximum atomic E-state index is 5.41. The van der Waals surface area contributed by atoms with Gasteiger partial charge in [0.05, 0.1) is 27.8 Å². The Morgan fingerprint density at radius 1 is 0.284 bits per heavy atom. The summed E-state index contributed by atoms with van der Waals surface area (Å²) in [6.07, 6.45) is 0. The van der Waals surface area contributed by atoms with Gasteiger partial charge in [0.1, 0.15) is 0 Å².